The predicted molar refractivity (Wildman–Crippen MR) is 152 cm³/mol. The van der Waals surface area contributed by atoms with Crippen LogP contribution in [0.25, 0.3) is 11.3 Å². The molecule has 2 saturated heterocycles. The molecule has 14 heteroatoms. The van der Waals surface area contributed by atoms with E-state index in [1.165, 1.54) is 10.6 Å². The largest absolute Gasteiger partial charge is 0.411 e. The molecule has 41 heavy (non-hydrogen) atoms. The number of nitrogens with zero attached hydrogens (tertiary/aromatic N) is 4. The molecule has 3 aromatic rings. The van der Waals surface area contributed by atoms with Gasteiger partial charge in [0, 0.05) is 49.9 Å². The monoisotopic (exact) mass is 580 g/mol. The van der Waals surface area contributed by atoms with Crippen LogP contribution in [-0.4, -0.2) is 95.3 Å². The number of piperazine rings is 1. The minimum atomic E-state index is -3.26. The molecule has 1 aromatic heterocycles. The van der Waals surface area contributed by atoms with Crippen molar-refractivity contribution in [1.29, 1.82) is 5.41 Å². The van der Waals surface area contributed by atoms with E-state index in [-0.39, 0.29) is 23.8 Å². The second-order valence-electron chi connectivity index (χ2n) is 10.2. The third kappa shape index (κ3) is 6.24. The summed E-state index contributed by atoms with van der Waals surface area (Å²) in [4.78, 5) is 36.8. The van der Waals surface area contributed by atoms with Gasteiger partial charge >= 0.3 is 6.09 Å². The van der Waals surface area contributed by atoms with Crippen molar-refractivity contribution in [2.75, 3.05) is 39.0 Å². The summed E-state index contributed by atoms with van der Waals surface area (Å²) in [5.74, 6) is 0.702. The Kier molecular flexibility index (Phi) is 7.80. The molecule has 3 heterocycles. The number of benzene rings is 2. The van der Waals surface area contributed by atoms with Gasteiger partial charge in [-0.2, -0.15) is 4.31 Å². The molecule has 0 spiro atoms. The lowest BCUT2D eigenvalue weighted by Gasteiger charge is -2.36. The molecule has 6 N–H and O–H groups in total. The minimum Gasteiger partial charge on any atom is -0.411 e. The van der Waals surface area contributed by atoms with Gasteiger partial charge in [0.25, 0.3) is 5.91 Å². The first-order valence-electron chi connectivity index (χ1n) is 13.1. The first-order valence-corrected chi connectivity index (χ1v) is 14.9. The van der Waals surface area contributed by atoms with Gasteiger partial charge in [0.15, 0.2) is 0 Å². The number of hydrogen-bond acceptors (Lipinski definition) is 8. The van der Waals surface area contributed by atoms with Gasteiger partial charge in [-0.25, -0.2) is 18.2 Å². The van der Waals surface area contributed by atoms with Crippen LogP contribution in [0.1, 0.15) is 34.2 Å². The van der Waals surface area contributed by atoms with Crippen LogP contribution in [0.15, 0.2) is 54.7 Å². The Bertz CT molecular complexity index is 1550. The van der Waals surface area contributed by atoms with Gasteiger partial charge in [-0.3, -0.25) is 15.1 Å². The number of imidazole rings is 1. The van der Waals surface area contributed by atoms with Crippen molar-refractivity contribution in [2.24, 2.45) is 11.5 Å². The summed E-state index contributed by atoms with van der Waals surface area (Å²) in [7, 11) is -3.26. The number of ether oxygens (including phenoxy) is 1. The fraction of sp³-hybridized carbons (Fsp3) is 0.333. The number of carbonyl (C=O) groups excluding carboxylic acids is 2. The maximum atomic E-state index is 13.8. The highest BCUT2D eigenvalue weighted by atomic mass is 32.2. The first-order chi connectivity index (χ1) is 19.5. The SMILES string of the molecule is CS(=O)(=O)N1CCN([C@H]2C[C@@H](c3ncc(-c4ccc(OC(N)=O)cc4)[nH]3)N(C(=O)c3ccc(C(=N)N)cc3)C2)CC1. The van der Waals surface area contributed by atoms with Gasteiger partial charge in [0.1, 0.15) is 17.4 Å². The van der Waals surface area contributed by atoms with E-state index in [0.29, 0.717) is 61.8 Å². The summed E-state index contributed by atoms with van der Waals surface area (Å²) in [5, 5.41) is 7.63. The summed E-state index contributed by atoms with van der Waals surface area (Å²) in [5.41, 5.74) is 13.2. The average Bonchev–Trinajstić information content (AvgIpc) is 3.60. The van der Waals surface area contributed by atoms with Crippen LogP contribution in [-0.2, 0) is 10.0 Å². The standard InChI is InChI=1S/C27H32N8O5S/c1-41(38,39)34-12-10-33(11-13-34)20-14-23(35(16-20)26(36)19-4-2-18(3-5-19)24(28)29)25-31-15-22(32-25)17-6-8-21(9-7-17)40-27(30)37/h2-9,15,20,23H,10-14,16H2,1H3,(H3,28,29)(H2,30,37)(H,31,32)/t20-,23-/m0/s1. The van der Waals surface area contributed by atoms with Gasteiger partial charge in [-0.05, 0) is 48.4 Å². The molecule has 0 aliphatic carbocycles. The van der Waals surface area contributed by atoms with Crippen LogP contribution in [0, 0.1) is 5.41 Å². The Hall–Kier alpha value is -4.27. The number of aromatic amines is 1. The average molecular weight is 581 g/mol. The molecule has 0 radical (unpaired) electrons. The van der Waals surface area contributed by atoms with Gasteiger partial charge < -0.3 is 26.1 Å². The van der Waals surface area contributed by atoms with E-state index in [4.69, 9.17) is 21.6 Å². The van der Waals surface area contributed by atoms with Gasteiger partial charge in [0.05, 0.1) is 24.2 Å². The van der Waals surface area contributed by atoms with Crippen LogP contribution in [0.4, 0.5) is 4.79 Å². The molecule has 2 atom stereocenters. The van der Waals surface area contributed by atoms with E-state index in [2.05, 4.69) is 14.9 Å². The molecule has 5 rings (SSSR count). The summed E-state index contributed by atoms with van der Waals surface area (Å²) in [6.45, 7) is 2.40. The molecular formula is C27H32N8O5S. The quantitative estimate of drug-likeness (QED) is 0.238. The van der Waals surface area contributed by atoms with Crippen molar-refractivity contribution in [3.63, 3.8) is 0 Å². The molecule has 2 aromatic carbocycles. The van der Waals surface area contributed by atoms with E-state index < -0.39 is 16.1 Å². The highest BCUT2D eigenvalue weighted by molar-refractivity contribution is 7.88. The highest BCUT2D eigenvalue weighted by Gasteiger charge is 2.41. The lowest BCUT2D eigenvalue weighted by molar-refractivity contribution is 0.0713. The molecule has 13 nitrogen and oxygen atoms in total. The van der Waals surface area contributed by atoms with Crippen LogP contribution in [0.2, 0.25) is 0 Å². The van der Waals surface area contributed by atoms with Gasteiger partial charge in [0.2, 0.25) is 10.0 Å². The third-order valence-electron chi connectivity index (χ3n) is 7.54. The van der Waals surface area contributed by atoms with Crippen LogP contribution < -0.4 is 16.2 Å². The number of primary amides is 1. The lowest BCUT2D eigenvalue weighted by Crippen LogP contribution is -2.52. The summed E-state index contributed by atoms with van der Waals surface area (Å²) >= 11 is 0. The number of hydrogen-bond donors (Lipinski definition) is 4. The number of carbonyl (C=O) groups is 2. The number of amidine groups is 1. The number of H-pyrrole nitrogens is 1. The molecule has 0 unspecified atom stereocenters. The fourth-order valence-electron chi connectivity index (χ4n) is 5.39. The van der Waals surface area contributed by atoms with Crippen molar-refractivity contribution < 1.29 is 22.7 Å². The maximum Gasteiger partial charge on any atom is 0.409 e. The third-order valence-corrected chi connectivity index (χ3v) is 8.84. The lowest BCUT2D eigenvalue weighted by atomic mass is 10.1. The van der Waals surface area contributed by atoms with Crippen molar-refractivity contribution >= 4 is 27.9 Å². The summed E-state index contributed by atoms with van der Waals surface area (Å²) in [6, 6.07) is 13.1. The zero-order valence-corrected chi connectivity index (χ0v) is 23.3. The molecular weight excluding hydrogens is 548 g/mol. The maximum absolute atomic E-state index is 13.8. The summed E-state index contributed by atoms with van der Waals surface area (Å²) in [6.07, 6.45) is 2.64. The minimum absolute atomic E-state index is 0.0148. The van der Waals surface area contributed by atoms with E-state index in [0.717, 1.165) is 11.3 Å². The Morgan fingerprint density at radius 1 is 1.00 bits per heavy atom. The topological polar surface area (TPSA) is 192 Å². The number of nitrogens with one attached hydrogen (secondary N) is 2. The highest BCUT2D eigenvalue weighted by Crippen LogP contribution is 2.36. The van der Waals surface area contributed by atoms with Gasteiger partial charge in [-0.15, -0.1) is 0 Å². The molecule has 0 saturated carbocycles. The van der Waals surface area contributed by atoms with E-state index in [1.807, 2.05) is 0 Å². The smallest absolute Gasteiger partial charge is 0.409 e. The number of aromatic nitrogens is 2. The predicted octanol–water partition coefficient (Wildman–Crippen LogP) is 1.35. The number of rotatable bonds is 7. The van der Waals surface area contributed by atoms with Gasteiger partial charge in [-0.1, -0.05) is 12.1 Å². The Labute approximate surface area is 237 Å². The van der Waals surface area contributed by atoms with Crippen molar-refractivity contribution in [3.05, 3.63) is 71.7 Å². The first kappa shape index (κ1) is 28.3. The second kappa shape index (κ2) is 11.3. The normalized spacial score (nSPS) is 20.2. The second-order valence-corrected chi connectivity index (χ2v) is 12.2. The molecule has 2 amide bonds. The number of sulfonamides is 1. The van der Waals surface area contributed by atoms with Crippen LogP contribution in [0.5, 0.6) is 5.75 Å². The van der Waals surface area contributed by atoms with Crippen molar-refractivity contribution in [1.82, 2.24) is 24.1 Å². The number of nitrogen functional groups attached to an aromatic ring is 1. The molecule has 2 aliphatic heterocycles. The molecule has 2 aliphatic rings. The Morgan fingerprint density at radius 3 is 2.22 bits per heavy atom. The van der Waals surface area contributed by atoms with Crippen LogP contribution >= 0.6 is 0 Å². The number of amides is 2. The molecule has 0 bridgehead atoms. The van der Waals surface area contributed by atoms with E-state index in [9.17, 15) is 18.0 Å². The van der Waals surface area contributed by atoms with Crippen molar-refractivity contribution in [3.8, 4) is 17.0 Å². The fourth-order valence-corrected chi connectivity index (χ4v) is 6.22. The molecule has 2 fully saturated rings. The zero-order valence-electron chi connectivity index (χ0n) is 22.5. The molecule has 216 valence electrons. The van der Waals surface area contributed by atoms with E-state index in [1.54, 1.807) is 59.6 Å². The van der Waals surface area contributed by atoms with E-state index >= 15 is 0 Å². The Balaban J connectivity index is 1.39. The van der Waals surface area contributed by atoms with Crippen LogP contribution in [0.3, 0.4) is 0 Å². The summed E-state index contributed by atoms with van der Waals surface area (Å²) < 4.78 is 30.4. The zero-order chi connectivity index (χ0) is 29.3. The Morgan fingerprint density at radius 2 is 1.63 bits per heavy atom. The number of likely N-dealkylation sites (tertiary alicyclic amines) is 1. The number of nitrogens with two attached hydrogens (primary N) is 2. The van der Waals surface area contributed by atoms with Crippen molar-refractivity contribution in [2.45, 2.75) is 18.5 Å².